The second kappa shape index (κ2) is 10.6. The number of nitrogens with one attached hydrogen (secondary N) is 2. The predicted octanol–water partition coefficient (Wildman–Crippen LogP) is 6.45. The molecule has 1 amide bonds. The molecule has 0 saturated heterocycles. The summed E-state index contributed by atoms with van der Waals surface area (Å²) >= 11 is 11.7. The SMILES string of the molecule is COc1cc(C(=O)NC(=S)Nc2ccc3oc(-c4cccc5c(Cl)cccc45)nc3c2)cc(OC)c1OC. The van der Waals surface area contributed by atoms with Gasteiger partial charge in [0.1, 0.15) is 5.52 Å². The number of fused-ring (bicyclic) bond motifs is 2. The Kier molecular flexibility index (Phi) is 7.04. The van der Waals surface area contributed by atoms with Gasteiger partial charge in [0, 0.05) is 27.2 Å². The minimum atomic E-state index is -0.443. The molecule has 8 nitrogen and oxygen atoms in total. The highest BCUT2D eigenvalue weighted by Gasteiger charge is 2.18. The first-order chi connectivity index (χ1) is 18.4. The minimum absolute atomic E-state index is 0.107. The highest BCUT2D eigenvalue weighted by Crippen LogP contribution is 2.38. The summed E-state index contributed by atoms with van der Waals surface area (Å²) in [5.41, 5.74) is 2.99. The number of methoxy groups -OCH3 is 3. The Balaban J connectivity index is 1.35. The maximum Gasteiger partial charge on any atom is 0.257 e. The number of halogens is 1. The van der Waals surface area contributed by atoms with Crippen molar-refractivity contribution >= 4 is 62.4 Å². The number of carbonyl (C=O) groups excluding carboxylic acids is 1. The number of amides is 1. The molecule has 0 radical (unpaired) electrons. The van der Waals surface area contributed by atoms with Gasteiger partial charge in [-0.05, 0) is 60.1 Å². The Morgan fingerprint density at radius 2 is 1.63 bits per heavy atom. The van der Waals surface area contributed by atoms with Gasteiger partial charge < -0.3 is 23.9 Å². The third kappa shape index (κ3) is 4.81. The van der Waals surface area contributed by atoms with Gasteiger partial charge in [0.25, 0.3) is 5.91 Å². The van der Waals surface area contributed by atoms with E-state index in [4.69, 9.17) is 42.4 Å². The van der Waals surface area contributed by atoms with Crippen LogP contribution in [-0.4, -0.2) is 37.3 Å². The molecule has 0 aliphatic rings. The molecule has 0 unspecified atom stereocenters. The first kappa shape index (κ1) is 25.3. The van der Waals surface area contributed by atoms with Crippen LogP contribution in [0.5, 0.6) is 17.2 Å². The van der Waals surface area contributed by atoms with Crippen LogP contribution < -0.4 is 24.8 Å². The van der Waals surface area contributed by atoms with Crippen LogP contribution in [0, 0.1) is 0 Å². The minimum Gasteiger partial charge on any atom is -0.493 e. The highest BCUT2D eigenvalue weighted by atomic mass is 35.5. The van der Waals surface area contributed by atoms with E-state index < -0.39 is 5.91 Å². The third-order valence-corrected chi connectivity index (χ3v) is 6.43. The van der Waals surface area contributed by atoms with E-state index >= 15 is 0 Å². The number of ether oxygens (including phenoxy) is 3. The van der Waals surface area contributed by atoms with Gasteiger partial charge in [0.2, 0.25) is 11.6 Å². The molecule has 2 N–H and O–H groups in total. The van der Waals surface area contributed by atoms with E-state index in [9.17, 15) is 4.79 Å². The predicted molar refractivity (Wildman–Crippen MR) is 152 cm³/mol. The van der Waals surface area contributed by atoms with Crippen molar-refractivity contribution in [1.82, 2.24) is 10.3 Å². The number of hydrogen-bond acceptors (Lipinski definition) is 7. The van der Waals surface area contributed by atoms with Crippen LogP contribution in [0.2, 0.25) is 5.02 Å². The average Bonchev–Trinajstić information content (AvgIpc) is 3.35. The van der Waals surface area contributed by atoms with Crippen molar-refractivity contribution in [3.05, 3.63) is 77.3 Å². The van der Waals surface area contributed by atoms with Crippen molar-refractivity contribution in [2.24, 2.45) is 0 Å². The lowest BCUT2D eigenvalue weighted by atomic mass is 10.0. The fraction of sp³-hybridized carbons (Fsp3) is 0.107. The van der Waals surface area contributed by atoms with Crippen molar-refractivity contribution in [3.8, 4) is 28.7 Å². The lowest BCUT2D eigenvalue weighted by Crippen LogP contribution is -2.34. The largest absolute Gasteiger partial charge is 0.493 e. The molecule has 1 aromatic heterocycles. The van der Waals surface area contributed by atoms with Crippen LogP contribution >= 0.6 is 23.8 Å². The van der Waals surface area contributed by atoms with E-state index in [0.717, 1.165) is 16.3 Å². The van der Waals surface area contributed by atoms with E-state index in [0.29, 0.717) is 44.9 Å². The van der Waals surface area contributed by atoms with Crippen LogP contribution in [0.1, 0.15) is 10.4 Å². The van der Waals surface area contributed by atoms with Crippen LogP contribution in [0.4, 0.5) is 5.69 Å². The normalized spacial score (nSPS) is 10.8. The number of hydrogen-bond donors (Lipinski definition) is 2. The molecule has 0 aliphatic carbocycles. The fourth-order valence-corrected chi connectivity index (χ4v) is 4.58. The summed E-state index contributed by atoms with van der Waals surface area (Å²) in [6.07, 6.45) is 0. The highest BCUT2D eigenvalue weighted by molar-refractivity contribution is 7.80. The van der Waals surface area contributed by atoms with E-state index in [1.54, 1.807) is 30.3 Å². The van der Waals surface area contributed by atoms with Crippen LogP contribution in [0.3, 0.4) is 0 Å². The summed E-state index contributed by atoms with van der Waals surface area (Å²) < 4.78 is 22.0. The zero-order valence-electron chi connectivity index (χ0n) is 20.6. The molecule has 38 heavy (non-hydrogen) atoms. The average molecular weight is 548 g/mol. The van der Waals surface area contributed by atoms with Gasteiger partial charge in [-0.3, -0.25) is 10.1 Å². The fourth-order valence-electron chi connectivity index (χ4n) is 4.13. The maximum atomic E-state index is 12.9. The van der Waals surface area contributed by atoms with E-state index in [2.05, 4.69) is 15.6 Å². The van der Waals surface area contributed by atoms with Gasteiger partial charge in [0.15, 0.2) is 22.2 Å². The molecule has 10 heteroatoms. The number of rotatable bonds is 6. The smallest absolute Gasteiger partial charge is 0.257 e. The summed E-state index contributed by atoms with van der Waals surface area (Å²) in [7, 11) is 4.45. The molecule has 4 aromatic carbocycles. The van der Waals surface area contributed by atoms with Crippen molar-refractivity contribution in [2.75, 3.05) is 26.6 Å². The van der Waals surface area contributed by atoms with Crippen molar-refractivity contribution in [1.29, 1.82) is 0 Å². The number of thiocarbonyl (C=S) groups is 1. The Morgan fingerprint density at radius 3 is 2.34 bits per heavy atom. The summed E-state index contributed by atoms with van der Waals surface area (Å²) in [5.74, 6) is 1.14. The second-order valence-electron chi connectivity index (χ2n) is 8.16. The second-order valence-corrected chi connectivity index (χ2v) is 8.98. The summed E-state index contributed by atoms with van der Waals surface area (Å²) in [5, 5.41) is 8.31. The molecule has 5 aromatic rings. The van der Waals surface area contributed by atoms with Crippen molar-refractivity contribution in [2.45, 2.75) is 0 Å². The van der Waals surface area contributed by atoms with E-state index in [1.807, 2.05) is 36.4 Å². The number of aromatic nitrogens is 1. The summed E-state index contributed by atoms with van der Waals surface area (Å²) in [6.45, 7) is 0. The Hall–Kier alpha value is -4.34. The van der Waals surface area contributed by atoms with Gasteiger partial charge in [-0.1, -0.05) is 35.9 Å². The number of anilines is 1. The molecule has 0 fully saturated rings. The van der Waals surface area contributed by atoms with Gasteiger partial charge >= 0.3 is 0 Å². The lowest BCUT2D eigenvalue weighted by molar-refractivity contribution is 0.0977. The Labute approximate surface area is 228 Å². The Morgan fingerprint density at radius 1 is 0.921 bits per heavy atom. The standard InChI is InChI=1S/C28H22ClN3O5S/c1-34-23-12-15(13-24(35-2)25(23)36-3)26(33)32-28(38)30-16-10-11-22-21(14-16)31-27(37-22)19-8-4-7-18-17(19)6-5-9-20(18)29/h4-14H,1-3H3,(H2,30,32,33,38). The summed E-state index contributed by atoms with van der Waals surface area (Å²) in [6, 6.07) is 20.0. The molecular weight excluding hydrogens is 526 g/mol. The molecular formula is C28H22ClN3O5S. The molecule has 0 atom stereocenters. The summed E-state index contributed by atoms with van der Waals surface area (Å²) in [4.78, 5) is 17.5. The monoisotopic (exact) mass is 547 g/mol. The maximum absolute atomic E-state index is 12.9. The van der Waals surface area contributed by atoms with Gasteiger partial charge in [-0.15, -0.1) is 0 Å². The first-order valence-electron chi connectivity index (χ1n) is 11.4. The van der Waals surface area contributed by atoms with Gasteiger partial charge in [-0.2, -0.15) is 0 Å². The Bertz CT molecular complexity index is 1680. The van der Waals surface area contributed by atoms with Crippen LogP contribution in [0.25, 0.3) is 33.3 Å². The van der Waals surface area contributed by atoms with Crippen molar-refractivity contribution < 1.29 is 23.4 Å². The number of nitrogens with zero attached hydrogens (tertiary/aromatic N) is 1. The number of carbonyl (C=O) groups is 1. The van der Waals surface area contributed by atoms with E-state index in [-0.39, 0.29) is 10.7 Å². The number of oxazole rings is 1. The van der Waals surface area contributed by atoms with Crippen LogP contribution in [-0.2, 0) is 0 Å². The lowest BCUT2D eigenvalue weighted by Gasteiger charge is -2.14. The number of benzene rings is 4. The first-order valence-corrected chi connectivity index (χ1v) is 12.2. The third-order valence-electron chi connectivity index (χ3n) is 5.90. The van der Waals surface area contributed by atoms with E-state index in [1.165, 1.54) is 21.3 Å². The zero-order valence-corrected chi connectivity index (χ0v) is 22.2. The van der Waals surface area contributed by atoms with Crippen LogP contribution in [0.15, 0.2) is 71.1 Å². The molecule has 0 spiro atoms. The molecule has 5 rings (SSSR count). The topological polar surface area (TPSA) is 94.9 Å². The molecule has 1 heterocycles. The molecule has 192 valence electrons. The van der Waals surface area contributed by atoms with Gasteiger partial charge in [-0.25, -0.2) is 4.98 Å². The quantitative estimate of drug-likeness (QED) is 0.234. The molecule has 0 saturated carbocycles. The van der Waals surface area contributed by atoms with Gasteiger partial charge in [0.05, 0.1) is 21.3 Å². The zero-order chi connectivity index (χ0) is 26.8. The molecule has 0 aliphatic heterocycles. The van der Waals surface area contributed by atoms with Crippen molar-refractivity contribution in [3.63, 3.8) is 0 Å². The molecule has 0 bridgehead atoms.